The molecule has 0 aromatic rings. The van der Waals surface area contributed by atoms with Gasteiger partial charge in [-0.05, 0) is 37.5 Å². The molecule has 4 N–H and O–H groups in total. The van der Waals surface area contributed by atoms with Gasteiger partial charge in [-0.15, -0.1) is 6.58 Å². The zero-order valence-electron chi connectivity index (χ0n) is 11.5. The molecular formula is C14H26N2O2. The highest BCUT2D eigenvalue weighted by Gasteiger charge is 2.36. The molecule has 0 spiro atoms. The normalized spacial score (nSPS) is 23.1. The Morgan fingerprint density at radius 1 is 1.44 bits per heavy atom. The fourth-order valence-electron chi connectivity index (χ4n) is 2.24. The summed E-state index contributed by atoms with van der Waals surface area (Å²) in [6.45, 7) is 8.28. The van der Waals surface area contributed by atoms with Gasteiger partial charge in [0.25, 0.3) is 0 Å². The number of aliphatic hydroxyl groups is 1. The van der Waals surface area contributed by atoms with Crippen LogP contribution in [0.1, 0.15) is 46.0 Å². The van der Waals surface area contributed by atoms with Crippen molar-refractivity contribution in [2.45, 2.75) is 57.6 Å². The third-order valence-corrected chi connectivity index (χ3v) is 3.88. The molecule has 1 aliphatic rings. The second kappa shape index (κ2) is 5.85. The lowest BCUT2D eigenvalue weighted by Crippen LogP contribution is -2.50. The number of nitrogens with two attached hydrogens (primary N) is 1. The molecule has 1 unspecified atom stereocenters. The maximum atomic E-state index is 11.7. The first-order valence-electron chi connectivity index (χ1n) is 6.65. The van der Waals surface area contributed by atoms with Crippen LogP contribution in [-0.2, 0) is 4.79 Å². The van der Waals surface area contributed by atoms with Crippen LogP contribution in [0.4, 0.5) is 0 Å². The molecule has 18 heavy (non-hydrogen) atoms. The van der Waals surface area contributed by atoms with Crippen LogP contribution in [0.3, 0.4) is 0 Å². The SMILES string of the molecule is C=CCC(N)C(=O)NCC1(O)CCC(C)(C)CC1. The van der Waals surface area contributed by atoms with Crippen molar-refractivity contribution in [3.63, 3.8) is 0 Å². The van der Waals surface area contributed by atoms with Gasteiger partial charge in [0.05, 0.1) is 11.6 Å². The van der Waals surface area contributed by atoms with Crippen molar-refractivity contribution >= 4 is 5.91 Å². The van der Waals surface area contributed by atoms with Gasteiger partial charge in [0.15, 0.2) is 0 Å². The zero-order chi connectivity index (χ0) is 13.8. The van der Waals surface area contributed by atoms with Crippen molar-refractivity contribution in [3.8, 4) is 0 Å². The van der Waals surface area contributed by atoms with Crippen LogP contribution in [0.15, 0.2) is 12.7 Å². The first-order chi connectivity index (χ1) is 8.28. The summed E-state index contributed by atoms with van der Waals surface area (Å²) in [6.07, 6.45) is 5.52. The molecule has 0 aliphatic heterocycles. The smallest absolute Gasteiger partial charge is 0.237 e. The highest BCUT2D eigenvalue weighted by Crippen LogP contribution is 2.39. The number of hydrogen-bond donors (Lipinski definition) is 3. The Morgan fingerprint density at radius 3 is 2.50 bits per heavy atom. The first kappa shape index (κ1) is 15.2. The van der Waals surface area contributed by atoms with Crippen molar-refractivity contribution in [1.29, 1.82) is 0 Å². The summed E-state index contributed by atoms with van der Waals surface area (Å²) in [5.74, 6) is -0.215. The minimum Gasteiger partial charge on any atom is -0.388 e. The number of carbonyl (C=O) groups excluding carboxylic acids is 1. The maximum absolute atomic E-state index is 11.7. The van der Waals surface area contributed by atoms with Gasteiger partial charge in [0.1, 0.15) is 0 Å². The van der Waals surface area contributed by atoms with E-state index >= 15 is 0 Å². The maximum Gasteiger partial charge on any atom is 0.237 e. The van der Waals surface area contributed by atoms with Crippen molar-refractivity contribution in [1.82, 2.24) is 5.32 Å². The third kappa shape index (κ3) is 4.42. The molecule has 0 bridgehead atoms. The number of carbonyl (C=O) groups is 1. The van der Waals surface area contributed by atoms with E-state index in [-0.39, 0.29) is 5.91 Å². The lowest BCUT2D eigenvalue weighted by atomic mass is 9.71. The fraction of sp³-hybridized carbons (Fsp3) is 0.786. The molecule has 1 aliphatic carbocycles. The van der Waals surface area contributed by atoms with Crippen molar-refractivity contribution in [2.75, 3.05) is 6.54 Å². The summed E-state index contributed by atoms with van der Waals surface area (Å²) < 4.78 is 0. The van der Waals surface area contributed by atoms with Gasteiger partial charge in [-0.2, -0.15) is 0 Å². The van der Waals surface area contributed by atoms with Gasteiger partial charge in [-0.1, -0.05) is 19.9 Å². The number of rotatable bonds is 5. The zero-order valence-corrected chi connectivity index (χ0v) is 11.5. The summed E-state index contributed by atoms with van der Waals surface area (Å²) >= 11 is 0. The highest BCUT2D eigenvalue weighted by atomic mass is 16.3. The van der Waals surface area contributed by atoms with Crippen LogP contribution in [-0.4, -0.2) is 29.2 Å². The summed E-state index contributed by atoms with van der Waals surface area (Å²) in [5.41, 5.74) is 5.20. The van der Waals surface area contributed by atoms with Crippen LogP contribution in [0.5, 0.6) is 0 Å². The second-order valence-electron chi connectivity index (χ2n) is 6.24. The molecule has 1 fully saturated rings. The van der Waals surface area contributed by atoms with E-state index in [1.807, 2.05) is 0 Å². The van der Waals surface area contributed by atoms with E-state index in [4.69, 9.17) is 5.73 Å². The molecule has 0 radical (unpaired) electrons. The van der Waals surface area contributed by atoms with E-state index in [9.17, 15) is 9.90 Å². The van der Waals surface area contributed by atoms with Crippen LogP contribution in [0.2, 0.25) is 0 Å². The van der Waals surface area contributed by atoms with Crippen molar-refractivity contribution in [3.05, 3.63) is 12.7 Å². The van der Waals surface area contributed by atoms with Gasteiger partial charge in [-0.3, -0.25) is 4.79 Å². The Bertz CT molecular complexity index is 303. The predicted octanol–water partition coefficient (Wildman–Crippen LogP) is 1.34. The van der Waals surface area contributed by atoms with Gasteiger partial charge < -0.3 is 16.2 Å². The molecule has 0 heterocycles. The Kier molecular flexibility index (Phi) is 4.93. The molecule has 4 heteroatoms. The second-order valence-corrected chi connectivity index (χ2v) is 6.24. The van der Waals surface area contributed by atoms with Crippen LogP contribution < -0.4 is 11.1 Å². The molecule has 0 aromatic heterocycles. The summed E-state index contributed by atoms with van der Waals surface area (Å²) in [6, 6.07) is -0.564. The van der Waals surface area contributed by atoms with Gasteiger partial charge in [0.2, 0.25) is 5.91 Å². The molecule has 4 nitrogen and oxygen atoms in total. The minimum atomic E-state index is -0.765. The fourth-order valence-corrected chi connectivity index (χ4v) is 2.24. The van der Waals surface area contributed by atoms with Crippen molar-refractivity contribution < 1.29 is 9.90 Å². The standard InChI is InChI=1S/C14H26N2O2/c1-4-5-11(15)12(17)16-10-14(18)8-6-13(2,3)7-9-14/h4,11,18H,1,5-10,15H2,2-3H3,(H,16,17). The summed E-state index contributed by atoms with van der Waals surface area (Å²) in [7, 11) is 0. The molecular weight excluding hydrogens is 228 g/mol. The monoisotopic (exact) mass is 254 g/mol. The summed E-state index contributed by atoms with van der Waals surface area (Å²) in [5, 5.41) is 13.1. The molecule has 1 rings (SSSR count). The van der Waals surface area contributed by atoms with E-state index < -0.39 is 11.6 Å². The topological polar surface area (TPSA) is 75.4 Å². The predicted molar refractivity (Wildman–Crippen MR) is 73.0 cm³/mol. The molecule has 0 saturated heterocycles. The van der Waals surface area contributed by atoms with Crippen LogP contribution in [0.25, 0.3) is 0 Å². The largest absolute Gasteiger partial charge is 0.388 e. The van der Waals surface area contributed by atoms with E-state index in [1.54, 1.807) is 6.08 Å². The molecule has 1 saturated carbocycles. The Hall–Kier alpha value is -0.870. The van der Waals surface area contributed by atoms with Crippen molar-refractivity contribution in [2.24, 2.45) is 11.1 Å². The third-order valence-electron chi connectivity index (χ3n) is 3.88. The molecule has 1 atom stereocenters. The number of amides is 1. The Labute approximate surface area is 110 Å². The lowest BCUT2D eigenvalue weighted by Gasteiger charge is -2.40. The van der Waals surface area contributed by atoms with E-state index in [1.165, 1.54) is 0 Å². The molecule has 0 aromatic carbocycles. The minimum absolute atomic E-state index is 0.215. The van der Waals surface area contributed by atoms with Gasteiger partial charge in [0, 0.05) is 6.54 Å². The first-order valence-corrected chi connectivity index (χ1v) is 6.65. The van der Waals surface area contributed by atoms with E-state index in [0.29, 0.717) is 18.4 Å². The van der Waals surface area contributed by atoms with E-state index in [2.05, 4.69) is 25.7 Å². The lowest BCUT2D eigenvalue weighted by molar-refractivity contribution is -0.124. The van der Waals surface area contributed by atoms with Crippen LogP contribution in [0, 0.1) is 5.41 Å². The number of hydrogen-bond acceptors (Lipinski definition) is 3. The van der Waals surface area contributed by atoms with Gasteiger partial charge >= 0.3 is 0 Å². The van der Waals surface area contributed by atoms with Gasteiger partial charge in [-0.25, -0.2) is 0 Å². The number of nitrogens with one attached hydrogen (secondary N) is 1. The Morgan fingerprint density at radius 2 is 2.00 bits per heavy atom. The van der Waals surface area contributed by atoms with Crippen LogP contribution >= 0.6 is 0 Å². The Balaban J connectivity index is 2.39. The summed E-state index contributed by atoms with van der Waals surface area (Å²) in [4.78, 5) is 11.7. The van der Waals surface area contributed by atoms with E-state index in [0.717, 1.165) is 25.7 Å². The average Bonchev–Trinajstić information content (AvgIpc) is 2.31. The molecule has 1 amide bonds. The average molecular weight is 254 g/mol. The highest BCUT2D eigenvalue weighted by molar-refractivity contribution is 5.81. The quantitative estimate of drug-likeness (QED) is 0.648. The molecule has 104 valence electrons.